The first kappa shape index (κ1) is 13.8. The molecule has 1 fully saturated rings. The molecule has 0 radical (unpaired) electrons. The number of carbonyl (C=O) groups excluding carboxylic acids is 1. The molecular formula is C15H22N2O2. The maximum absolute atomic E-state index is 12.4. The molecule has 0 saturated carbocycles. The SMILES string of the molecule is CC1CCN(C(=O)c2cncc(OC(C)C)c2)CC1. The van der Waals surface area contributed by atoms with Crippen molar-refractivity contribution in [2.45, 2.75) is 39.7 Å². The summed E-state index contributed by atoms with van der Waals surface area (Å²) in [5, 5.41) is 0. The zero-order valence-electron chi connectivity index (χ0n) is 11.9. The Labute approximate surface area is 114 Å². The van der Waals surface area contributed by atoms with Gasteiger partial charge in [-0.05, 0) is 38.7 Å². The molecule has 19 heavy (non-hydrogen) atoms. The molecule has 1 aromatic rings. The van der Waals surface area contributed by atoms with E-state index in [9.17, 15) is 4.79 Å². The second-order valence-corrected chi connectivity index (χ2v) is 5.55. The number of ether oxygens (including phenoxy) is 1. The summed E-state index contributed by atoms with van der Waals surface area (Å²) in [6.07, 6.45) is 5.52. The van der Waals surface area contributed by atoms with E-state index in [0.29, 0.717) is 11.3 Å². The van der Waals surface area contributed by atoms with Gasteiger partial charge < -0.3 is 9.64 Å². The Balaban J connectivity index is 2.06. The van der Waals surface area contributed by atoms with Crippen LogP contribution in [0.15, 0.2) is 18.5 Å². The molecule has 1 aliphatic heterocycles. The lowest BCUT2D eigenvalue weighted by molar-refractivity contribution is 0.0696. The van der Waals surface area contributed by atoms with E-state index in [0.717, 1.165) is 31.8 Å². The van der Waals surface area contributed by atoms with Gasteiger partial charge in [0.2, 0.25) is 0 Å². The van der Waals surface area contributed by atoms with Gasteiger partial charge in [-0.1, -0.05) is 6.92 Å². The molecule has 1 amide bonds. The van der Waals surface area contributed by atoms with Crippen LogP contribution in [0.4, 0.5) is 0 Å². The van der Waals surface area contributed by atoms with Crippen molar-refractivity contribution in [1.82, 2.24) is 9.88 Å². The van der Waals surface area contributed by atoms with Crippen molar-refractivity contribution < 1.29 is 9.53 Å². The highest BCUT2D eigenvalue weighted by atomic mass is 16.5. The minimum atomic E-state index is 0.0635. The van der Waals surface area contributed by atoms with Crippen molar-refractivity contribution in [2.75, 3.05) is 13.1 Å². The molecule has 1 aliphatic rings. The van der Waals surface area contributed by atoms with E-state index in [4.69, 9.17) is 4.74 Å². The second kappa shape index (κ2) is 6.04. The van der Waals surface area contributed by atoms with Gasteiger partial charge >= 0.3 is 0 Å². The summed E-state index contributed by atoms with van der Waals surface area (Å²) in [7, 11) is 0. The van der Waals surface area contributed by atoms with Crippen LogP contribution >= 0.6 is 0 Å². The van der Waals surface area contributed by atoms with Crippen LogP contribution in [0.5, 0.6) is 5.75 Å². The second-order valence-electron chi connectivity index (χ2n) is 5.55. The van der Waals surface area contributed by atoms with Gasteiger partial charge in [0.15, 0.2) is 0 Å². The largest absolute Gasteiger partial charge is 0.489 e. The summed E-state index contributed by atoms with van der Waals surface area (Å²) in [4.78, 5) is 18.4. The number of rotatable bonds is 3. The molecule has 0 atom stereocenters. The van der Waals surface area contributed by atoms with E-state index in [-0.39, 0.29) is 12.0 Å². The third-order valence-electron chi connectivity index (χ3n) is 3.40. The summed E-state index contributed by atoms with van der Waals surface area (Å²) in [5.41, 5.74) is 0.618. The number of hydrogen-bond acceptors (Lipinski definition) is 3. The van der Waals surface area contributed by atoms with Gasteiger partial charge in [-0.25, -0.2) is 0 Å². The fraction of sp³-hybridized carbons (Fsp3) is 0.600. The molecule has 104 valence electrons. The molecule has 0 bridgehead atoms. The molecular weight excluding hydrogens is 240 g/mol. The van der Waals surface area contributed by atoms with Crippen LogP contribution in [0.2, 0.25) is 0 Å². The molecule has 0 aromatic carbocycles. The number of pyridine rings is 1. The minimum Gasteiger partial charge on any atom is -0.489 e. The zero-order valence-corrected chi connectivity index (χ0v) is 11.9. The average molecular weight is 262 g/mol. The summed E-state index contributed by atoms with van der Waals surface area (Å²) in [6, 6.07) is 1.79. The summed E-state index contributed by atoms with van der Waals surface area (Å²) < 4.78 is 5.58. The quantitative estimate of drug-likeness (QED) is 0.841. The molecule has 0 N–H and O–H groups in total. The van der Waals surface area contributed by atoms with Crippen LogP contribution in [0.25, 0.3) is 0 Å². The maximum Gasteiger partial charge on any atom is 0.255 e. The van der Waals surface area contributed by atoms with E-state index in [2.05, 4.69) is 11.9 Å². The number of hydrogen-bond donors (Lipinski definition) is 0. The number of nitrogens with zero attached hydrogens (tertiary/aromatic N) is 2. The summed E-state index contributed by atoms with van der Waals surface area (Å²) in [6.45, 7) is 7.84. The Hall–Kier alpha value is -1.58. The van der Waals surface area contributed by atoms with Crippen LogP contribution < -0.4 is 4.74 Å². The molecule has 2 rings (SSSR count). The molecule has 1 saturated heterocycles. The first-order valence-electron chi connectivity index (χ1n) is 6.97. The normalized spacial score (nSPS) is 16.7. The molecule has 2 heterocycles. The van der Waals surface area contributed by atoms with Crippen LogP contribution in [-0.4, -0.2) is 35.0 Å². The van der Waals surface area contributed by atoms with Crippen LogP contribution in [0, 0.1) is 5.92 Å². The Morgan fingerprint density at radius 3 is 2.68 bits per heavy atom. The van der Waals surface area contributed by atoms with Crippen molar-refractivity contribution in [3.8, 4) is 5.75 Å². The monoisotopic (exact) mass is 262 g/mol. The number of likely N-dealkylation sites (tertiary alicyclic amines) is 1. The van der Waals surface area contributed by atoms with Gasteiger partial charge in [-0.3, -0.25) is 9.78 Å². The van der Waals surface area contributed by atoms with Gasteiger partial charge in [0, 0.05) is 19.3 Å². The topological polar surface area (TPSA) is 42.4 Å². The molecule has 0 spiro atoms. The Morgan fingerprint density at radius 1 is 1.37 bits per heavy atom. The van der Waals surface area contributed by atoms with E-state index in [1.807, 2.05) is 18.7 Å². The summed E-state index contributed by atoms with van der Waals surface area (Å²) in [5.74, 6) is 1.44. The number of piperidine rings is 1. The minimum absolute atomic E-state index is 0.0635. The third-order valence-corrected chi connectivity index (χ3v) is 3.40. The van der Waals surface area contributed by atoms with Gasteiger partial charge in [0.1, 0.15) is 5.75 Å². The van der Waals surface area contributed by atoms with Gasteiger partial charge in [0.25, 0.3) is 5.91 Å². The highest BCUT2D eigenvalue weighted by molar-refractivity contribution is 5.94. The van der Waals surface area contributed by atoms with Crippen LogP contribution in [-0.2, 0) is 0 Å². The molecule has 4 nitrogen and oxygen atoms in total. The highest BCUT2D eigenvalue weighted by Gasteiger charge is 2.21. The smallest absolute Gasteiger partial charge is 0.255 e. The predicted molar refractivity (Wildman–Crippen MR) is 74.3 cm³/mol. The lowest BCUT2D eigenvalue weighted by Gasteiger charge is -2.30. The lowest BCUT2D eigenvalue weighted by atomic mass is 9.99. The van der Waals surface area contributed by atoms with Gasteiger partial charge in [-0.15, -0.1) is 0 Å². The van der Waals surface area contributed by atoms with Gasteiger partial charge in [-0.2, -0.15) is 0 Å². The number of carbonyl (C=O) groups is 1. The molecule has 1 aromatic heterocycles. The Bertz CT molecular complexity index is 438. The van der Waals surface area contributed by atoms with Crippen LogP contribution in [0.3, 0.4) is 0 Å². The molecule has 0 unspecified atom stereocenters. The van der Waals surface area contributed by atoms with Gasteiger partial charge in [0.05, 0.1) is 17.9 Å². The standard InChI is InChI=1S/C15H22N2O2/c1-11(2)19-14-8-13(9-16-10-14)15(18)17-6-4-12(3)5-7-17/h8-12H,4-7H2,1-3H3. The fourth-order valence-electron chi connectivity index (χ4n) is 2.27. The lowest BCUT2D eigenvalue weighted by Crippen LogP contribution is -2.37. The third kappa shape index (κ3) is 3.69. The van der Waals surface area contributed by atoms with E-state index < -0.39 is 0 Å². The van der Waals surface area contributed by atoms with Crippen molar-refractivity contribution in [2.24, 2.45) is 5.92 Å². The highest BCUT2D eigenvalue weighted by Crippen LogP contribution is 2.20. The Kier molecular flexibility index (Phi) is 4.40. The van der Waals surface area contributed by atoms with E-state index >= 15 is 0 Å². The first-order valence-corrected chi connectivity index (χ1v) is 6.97. The van der Waals surface area contributed by atoms with Crippen molar-refractivity contribution in [3.05, 3.63) is 24.0 Å². The number of amides is 1. The zero-order chi connectivity index (χ0) is 13.8. The molecule has 0 aliphatic carbocycles. The van der Waals surface area contributed by atoms with Crippen LogP contribution in [0.1, 0.15) is 44.0 Å². The fourth-order valence-corrected chi connectivity index (χ4v) is 2.27. The Morgan fingerprint density at radius 2 is 2.05 bits per heavy atom. The van der Waals surface area contributed by atoms with E-state index in [1.54, 1.807) is 18.5 Å². The maximum atomic E-state index is 12.4. The number of aromatic nitrogens is 1. The molecule has 4 heteroatoms. The van der Waals surface area contributed by atoms with Crippen molar-refractivity contribution in [1.29, 1.82) is 0 Å². The van der Waals surface area contributed by atoms with Crippen molar-refractivity contribution >= 4 is 5.91 Å². The average Bonchev–Trinajstić information content (AvgIpc) is 2.38. The summed E-state index contributed by atoms with van der Waals surface area (Å²) >= 11 is 0. The first-order chi connectivity index (χ1) is 9.06. The van der Waals surface area contributed by atoms with E-state index in [1.165, 1.54) is 0 Å². The van der Waals surface area contributed by atoms with Crippen molar-refractivity contribution in [3.63, 3.8) is 0 Å². The predicted octanol–water partition coefficient (Wildman–Crippen LogP) is 2.74.